The van der Waals surface area contributed by atoms with Crippen LogP contribution in [0.15, 0.2) is 0 Å². The lowest BCUT2D eigenvalue weighted by atomic mass is 10.0. The summed E-state index contributed by atoms with van der Waals surface area (Å²) in [7, 11) is 0. The van der Waals surface area contributed by atoms with Crippen molar-refractivity contribution in [2.45, 2.75) is 110 Å². The predicted octanol–water partition coefficient (Wildman–Crippen LogP) is 6.22. The van der Waals surface area contributed by atoms with Crippen molar-refractivity contribution in [2.75, 3.05) is 13.2 Å². The quantitative estimate of drug-likeness (QED) is 0.221. The maximum Gasteiger partial charge on any atom is 0.305 e. The van der Waals surface area contributed by atoms with Gasteiger partial charge in [-0.2, -0.15) is 0 Å². The molecule has 3 nitrogen and oxygen atoms in total. The molecular weight excluding hydrogens is 288 g/mol. The number of hydrogen-bond donors (Lipinski definition) is 0. The van der Waals surface area contributed by atoms with E-state index in [2.05, 4.69) is 6.92 Å². The van der Waals surface area contributed by atoms with Gasteiger partial charge in [0.15, 0.2) is 0 Å². The highest BCUT2D eigenvalue weighted by atomic mass is 16.5. The van der Waals surface area contributed by atoms with Crippen molar-refractivity contribution >= 4 is 5.97 Å². The first-order valence-corrected chi connectivity index (χ1v) is 10.0. The minimum Gasteiger partial charge on any atom is -0.466 e. The van der Waals surface area contributed by atoms with E-state index in [4.69, 9.17) is 4.74 Å². The number of hydrogen-bond acceptors (Lipinski definition) is 2. The third-order valence-electron chi connectivity index (χ3n) is 4.29. The molecule has 137 valence electrons. The van der Waals surface area contributed by atoms with Crippen LogP contribution in [0.1, 0.15) is 110 Å². The van der Waals surface area contributed by atoms with Crippen molar-refractivity contribution in [2.24, 2.45) is 0 Å². The van der Waals surface area contributed by atoms with Gasteiger partial charge in [0.1, 0.15) is 0 Å². The average Bonchev–Trinajstić information content (AvgIpc) is 2.55. The fraction of sp³-hybridized carbons (Fsp3) is 0.950. The van der Waals surface area contributed by atoms with Gasteiger partial charge in [0.05, 0.1) is 13.2 Å². The Balaban J connectivity index is 3.06. The van der Waals surface area contributed by atoms with Crippen LogP contribution < -0.4 is 0 Å². The molecule has 0 aliphatic rings. The Hall–Kier alpha value is -0.570. The van der Waals surface area contributed by atoms with Crippen LogP contribution in [0.2, 0.25) is 0 Å². The molecule has 0 N–H and O–H groups in total. The Labute approximate surface area is 144 Å². The van der Waals surface area contributed by atoms with Crippen molar-refractivity contribution in [1.82, 2.24) is 0 Å². The second-order valence-electron chi connectivity index (χ2n) is 6.62. The van der Waals surface area contributed by atoms with Crippen molar-refractivity contribution in [3.63, 3.8) is 0 Å². The highest BCUT2D eigenvalue weighted by molar-refractivity contribution is 5.69. The van der Waals surface area contributed by atoms with E-state index in [1.807, 2.05) is 0 Å². The van der Waals surface area contributed by atoms with Gasteiger partial charge >= 0.3 is 5.97 Å². The van der Waals surface area contributed by atoms with E-state index >= 15 is 0 Å². The maximum atomic E-state index is 11.4. The molecule has 0 bridgehead atoms. The van der Waals surface area contributed by atoms with Gasteiger partial charge in [-0.3, -0.25) is 4.79 Å². The molecule has 0 rings (SSSR count). The lowest BCUT2D eigenvalue weighted by molar-refractivity contribution is -0.143. The second kappa shape index (κ2) is 19.5. The van der Waals surface area contributed by atoms with E-state index in [0.29, 0.717) is 13.0 Å². The second-order valence-corrected chi connectivity index (χ2v) is 6.62. The monoisotopic (exact) mass is 327 g/mol. The zero-order valence-corrected chi connectivity index (χ0v) is 15.5. The zero-order chi connectivity index (χ0) is 17.0. The third kappa shape index (κ3) is 19.4. The minimum atomic E-state index is -0.0197. The molecule has 0 aliphatic heterocycles. The summed E-state index contributed by atoms with van der Waals surface area (Å²) >= 11 is 0. The molecule has 0 spiro atoms. The molecule has 0 fully saturated rings. The van der Waals surface area contributed by atoms with Crippen molar-refractivity contribution in [3.8, 4) is 0 Å². The largest absolute Gasteiger partial charge is 0.466 e. The lowest BCUT2D eigenvalue weighted by Gasteiger charge is -2.04. The normalized spacial score (nSPS) is 10.9. The lowest BCUT2D eigenvalue weighted by Crippen LogP contribution is -2.05. The Bertz CT molecular complexity index is 241. The number of rotatable bonds is 18. The van der Waals surface area contributed by atoms with Gasteiger partial charge in [0.2, 0.25) is 0 Å². The topological polar surface area (TPSA) is 46.2 Å². The van der Waals surface area contributed by atoms with Crippen LogP contribution >= 0.6 is 0 Å². The molecule has 0 amide bonds. The smallest absolute Gasteiger partial charge is 0.305 e. The summed E-state index contributed by atoms with van der Waals surface area (Å²) in [5.41, 5.74) is 0. The fourth-order valence-corrected chi connectivity index (χ4v) is 2.72. The molecule has 3 heteroatoms. The van der Waals surface area contributed by atoms with Crippen molar-refractivity contribution < 1.29 is 14.6 Å². The van der Waals surface area contributed by atoms with Crippen LogP contribution in [0.4, 0.5) is 0 Å². The Morgan fingerprint density at radius 3 is 1.52 bits per heavy atom. The first-order valence-electron chi connectivity index (χ1n) is 10.0. The van der Waals surface area contributed by atoms with Gasteiger partial charge in [0, 0.05) is 6.42 Å². The highest BCUT2D eigenvalue weighted by Gasteiger charge is 2.01. The van der Waals surface area contributed by atoms with Gasteiger partial charge in [-0.1, -0.05) is 84.0 Å². The number of carbonyl (C=O) groups excluding carboxylic acids is 1. The Kier molecular flexibility index (Phi) is 19.0. The summed E-state index contributed by atoms with van der Waals surface area (Å²) in [5.74, 6) is -0.0197. The molecule has 0 saturated carbocycles. The number of unbranched alkanes of at least 4 members (excludes halogenated alkanes) is 13. The fourth-order valence-electron chi connectivity index (χ4n) is 2.72. The molecule has 0 heterocycles. The van der Waals surface area contributed by atoms with E-state index in [1.54, 1.807) is 0 Å². The molecular formula is C20H39O3. The number of carbonyl (C=O) groups is 1. The van der Waals surface area contributed by atoms with Gasteiger partial charge in [0.25, 0.3) is 0 Å². The summed E-state index contributed by atoms with van der Waals surface area (Å²) in [5, 5.41) is 10.3. The van der Waals surface area contributed by atoms with Crippen LogP contribution in [0, 0.1) is 0 Å². The van der Waals surface area contributed by atoms with Crippen LogP contribution in [0.3, 0.4) is 0 Å². The maximum absolute atomic E-state index is 11.4. The van der Waals surface area contributed by atoms with Crippen LogP contribution in [0.25, 0.3) is 0 Å². The minimum absolute atomic E-state index is 0.0197. The zero-order valence-electron chi connectivity index (χ0n) is 15.5. The van der Waals surface area contributed by atoms with E-state index < -0.39 is 0 Å². The number of ether oxygens (including phenoxy) is 1. The molecule has 23 heavy (non-hydrogen) atoms. The first kappa shape index (κ1) is 22.4. The summed E-state index contributed by atoms with van der Waals surface area (Å²) in [6, 6.07) is 0. The molecule has 0 aromatic carbocycles. The molecule has 0 aliphatic carbocycles. The van der Waals surface area contributed by atoms with Crippen LogP contribution in [0.5, 0.6) is 0 Å². The van der Waals surface area contributed by atoms with E-state index in [9.17, 15) is 9.90 Å². The molecule has 0 unspecified atom stereocenters. The van der Waals surface area contributed by atoms with Crippen LogP contribution in [-0.2, 0) is 14.6 Å². The van der Waals surface area contributed by atoms with Gasteiger partial charge < -0.3 is 4.74 Å². The van der Waals surface area contributed by atoms with Crippen molar-refractivity contribution in [1.29, 1.82) is 0 Å². The van der Waals surface area contributed by atoms with Gasteiger partial charge in [-0.25, -0.2) is 5.11 Å². The summed E-state index contributed by atoms with van der Waals surface area (Å²) in [6.45, 7) is 2.79. The summed E-state index contributed by atoms with van der Waals surface area (Å²) < 4.78 is 5.14. The van der Waals surface area contributed by atoms with E-state index in [0.717, 1.165) is 38.5 Å². The SMILES string of the molecule is CCCCOC(=O)CCCCCCCCCCCCCCC[O]. The first-order chi connectivity index (χ1) is 11.3. The van der Waals surface area contributed by atoms with Gasteiger partial charge in [-0.05, 0) is 19.3 Å². The van der Waals surface area contributed by atoms with E-state index in [-0.39, 0.29) is 12.6 Å². The summed E-state index contributed by atoms with van der Waals surface area (Å²) in [4.78, 5) is 11.4. The Morgan fingerprint density at radius 1 is 0.652 bits per heavy atom. The Morgan fingerprint density at radius 2 is 1.09 bits per heavy atom. The highest BCUT2D eigenvalue weighted by Crippen LogP contribution is 2.13. The van der Waals surface area contributed by atoms with Crippen molar-refractivity contribution in [3.05, 3.63) is 0 Å². The number of esters is 1. The predicted molar refractivity (Wildman–Crippen MR) is 96.1 cm³/mol. The molecule has 0 aromatic heterocycles. The molecule has 0 saturated heterocycles. The average molecular weight is 328 g/mol. The van der Waals surface area contributed by atoms with Gasteiger partial charge in [-0.15, -0.1) is 0 Å². The molecule has 0 aromatic rings. The van der Waals surface area contributed by atoms with E-state index in [1.165, 1.54) is 57.8 Å². The standard InChI is InChI=1S/C20H39O3/c1-2-3-19-23-20(22)17-15-13-11-9-7-5-4-6-8-10-12-14-16-18-21/h2-19H2,1H3. The molecule has 0 atom stereocenters. The molecule has 1 radical (unpaired) electrons. The van der Waals surface area contributed by atoms with Crippen LogP contribution in [-0.4, -0.2) is 19.2 Å². The third-order valence-corrected chi connectivity index (χ3v) is 4.29. The summed E-state index contributed by atoms with van der Waals surface area (Å²) in [6.07, 6.45) is 18.6.